The molecule has 16 heavy (non-hydrogen) atoms. The Bertz CT molecular complexity index is 243. The van der Waals surface area contributed by atoms with Gasteiger partial charge in [-0.1, -0.05) is 13.3 Å². The van der Waals surface area contributed by atoms with Crippen molar-refractivity contribution in [2.24, 2.45) is 5.41 Å². The Kier molecular flexibility index (Phi) is 4.80. The van der Waals surface area contributed by atoms with Gasteiger partial charge in [0.1, 0.15) is 0 Å². The van der Waals surface area contributed by atoms with Gasteiger partial charge in [0.25, 0.3) is 5.97 Å². The third-order valence-corrected chi connectivity index (χ3v) is 2.94. The van der Waals surface area contributed by atoms with Crippen LogP contribution in [0.4, 0.5) is 0 Å². The van der Waals surface area contributed by atoms with Crippen LogP contribution in [0.1, 0.15) is 26.2 Å². The summed E-state index contributed by atoms with van der Waals surface area (Å²) in [6.45, 7) is 3.61. The average Bonchev–Trinajstić information content (AvgIpc) is 2.20. The summed E-state index contributed by atoms with van der Waals surface area (Å²) < 4.78 is 16.1. The Morgan fingerprint density at radius 2 is 1.75 bits per heavy atom. The molecular weight excluding hydrogens is 223 g/mol. The summed E-state index contributed by atoms with van der Waals surface area (Å²) in [6, 6.07) is 0. The fraction of sp³-hybridized carbons (Fsp3) is 0.900. The number of fused-ring (bicyclic) bond motifs is 3. The van der Waals surface area contributed by atoms with Crippen LogP contribution in [0.2, 0.25) is 0 Å². The van der Waals surface area contributed by atoms with Crippen LogP contribution < -0.4 is 34.7 Å². The monoisotopic (exact) mass is 238 g/mol. The SMILES string of the molecule is CCCC12COC(CC(=O)[O-])(OC1)OC2.[Na+]. The van der Waals surface area contributed by atoms with E-state index in [1.54, 1.807) is 0 Å². The second kappa shape index (κ2) is 5.33. The van der Waals surface area contributed by atoms with Crippen LogP contribution in [0.5, 0.6) is 0 Å². The number of carbonyl (C=O) groups excluding carboxylic acids is 1. The number of ether oxygens (including phenoxy) is 3. The summed E-state index contributed by atoms with van der Waals surface area (Å²) in [6.07, 6.45) is 1.63. The quantitative estimate of drug-likeness (QED) is 0.479. The minimum absolute atomic E-state index is 0. The molecule has 0 atom stereocenters. The van der Waals surface area contributed by atoms with Crippen molar-refractivity contribution in [3.63, 3.8) is 0 Å². The number of hydrogen-bond donors (Lipinski definition) is 0. The van der Waals surface area contributed by atoms with Crippen molar-refractivity contribution in [1.82, 2.24) is 0 Å². The second-order valence-electron chi connectivity index (χ2n) is 4.35. The summed E-state index contributed by atoms with van der Waals surface area (Å²) in [5.41, 5.74) is -0.0809. The van der Waals surface area contributed by atoms with Crippen LogP contribution in [0.25, 0.3) is 0 Å². The number of carbonyl (C=O) groups is 1. The molecule has 3 rings (SSSR count). The van der Waals surface area contributed by atoms with Crippen molar-refractivity contribution < 1.29 is 53.7 Å². The third kappa shape index (κ3) is 2.78. The number of hydrogen-bond acceptors (Lipinski definition) is 5. The molecule has 0 aliphatic carbocycles. The summed E-state index contributed by atoms with van der Waals surface area (Å²) in [7, 11) is 0. The minimum atomic E-state index is -1.38. The van der Waals surface area contributed by atoms with E-state index in [-0.39, 0.29) is 41.4 Å². The number of rotatable bonds is 4. The number of carboxylic acid groups (broad SMARTS) is 1. The van der Waals surface area contributed by atoms with Crippen LogP contribution in [-0.4, -0.2) is 31.8 Å². The Morgan fingerprint density at radius 3 is 2.12 bits per heavy atom. The summed E-state index contributed by atoms with van der Waals surface area (Å²) in [5.74, 6) is -2.60. The molecule has 3 aliphatic heterocycles. The van der Waals surface area contributed by atoms with Crippen LogP contribution in [0.3, 0.4) is 0 Å². The fourth-order valence-corrected chi connectivity index (χ4v) is 2.12. The maximum absolute atomic E-state index is 10.5. The van der Waals surface area contributed by atoms with Crippen LogP contribution in [-0.2, 0) is 19.0 Å². The Labute approximate surface area is 117 Å². The molecule has 3 aliphatic rings. The Hall–Kier alpha value is 0.350. The molecule has 0 unspecified atom stereocenters. The molecule has 6 heteroatoms. The van der Waals surface area contributed by atoms with E-state index in [0.717, 1.165) is 12.8 Å². The molecule has 0 N–H and O–H groups in total. The third-order valence-electron chi connectivity index (χ3n) is 2.94. The van der Waals surface area contributed by atoms with Gasteiger partial charge < -0.3 is 24.1 Å². The second-order valence-corrected chi connectivity index (χ2v) is 4.35. The number of aliphatic carboxylic acids is 1. The van der Waals surface area contributed by atoms with E-state index in [0.29, 0.717) is 19.8 Å². The van der Waals surface area contributed by atoms with Crippen molar-refractivity contribution in [2.75, 3.05) is 19.8 Å². The predicted octanol–water partition coefficient (Wildman–Crippen LogP) is -3.35. The van der Waals surface area contributed by atoms with E-state index in [1.807, 2.05) is 0 Å². The van der Waals surface area contributed by atoms with E-state index in [4.69, 9.17) is 14.2 Å². The zero-order chi connectivity index (χ0) is 10.9. The molecule has 0 radical (unpaired) electrons. The van der Waals surface area contributed by atoms with Gasteiger partial charge in [0.15, 0.2) is 0 Å². The van der Waals surface area contributed by atoms with Crippen molar-refractivity contribution in [3.8, 4) is 0 Å². The van der Waals surface area contributed by atoms with Crippen molar-refractivity contribution in [3.05, 3.63) is 0 Å². The van der Waals surface area contributed by atoms with Crippen LogP contribution in [0, 0.1) is 5.41 Å². The molecule has 0 amide bonds. The molecule has 3 heterocycles. The van der Waals surface area contributed by atoms with E-state index in [9.17, 15) is 9.90 Å². The molecule has 0 aromatic heterocycles. The summed E-state index contributed by atoms with van der Waals surface area (Å²) >= 11 is 0. The molecule has 5 nitrogen and oxygen atoms in total. The molecule has 0 aromatic rings. The first kappa shape index (κ1) is 14.4. The van der Waals surface area contributed by atoms with Gasteiger partial charge in [-0.15, -0.1) is 0 Å². The standard InChI is InChI=1S/C10H16O5.Na/c1-2-3-9-5-13-10(14-6-9,15-7-9)4-8(11)12;/h2-7H2,1H3,(H,11,12);/q;+1/p-1. The maximum Gasteiger partial charge on any atom is 1.00 e. The smallest absolute Gasteiger partial charge is 0.550 e. The maximum atomic E-state index is 10.5. The summed E-state index contributed by atoms with van der Waals surface area (Å²) in [4.78, 5) is 10.5. The van der Waals surface area contributed by atoms with Crippen molar-refractivity contribution in [1.29, 1.82) is 0 Å². The first-order valence-electron chi connectivity index (χ1n) is 5.22. The first-order chi connectivity index (χ1) is 7.10. The van der Waals surface area contributed by atoms with Crippen molar-refractivity contribution >= 4 is 5.97 Å². The minimum Gasteiger partial charge on any atom is -0.550 e. The van der Waals surface area contributed by atoms with E-state index in [2.05, 4.69) is 6.92 Å². The predicted molar refractivity (Wildman–Crippen MR) is 47.6 cm³/mol. The van der Waals surface area contributed by atoms with E-state index >= 15 is 0 Å². The molecule has 0 saturated carbocycles. The molecular formula is C10H15NaO5. The Morgan fingerprint density at radius 1 is 1.25 bits per heavy atom. The fourth-order valence-electron chi connectivity index (χ4n) is 2.12. The van der Waals surface area contributed by atoms with Gasteiger partial charge in [-0.25, -0.2) is 0 Å². The van der Waals surface area contributed by atoms with Gasteiger partial charge in [0.2, 0.25) is 0 Å². The molecule has 3 saturated heterocycles. The Balaban J connectivity index is 0.00000128. The first-order valence-corrected chi connectivity index (χ1v) is 5.22. The van der Waals surface area contributed by atoms with Gasteiger partial charge in [-0.05, 0) is 6.42 Å². The topological polar surface area (TPSA) is 67.8 Å². The van der Waals surface area contributed by atoms with E-state index < -0.39 is 11.9 Å². The van der Waals surface area contributed by atoms with Gasteiger partial charge in [0.05, 0.1) is 26.2 Å². The van der Waals surface area contributed by atoms with Gasteiger partial charge >= 0.3 is 29.6 Å². The zero-order valence-corrected chi connectivity index (χ0v) is 11.8. The molecule has 2 bridgehead atoms. The van der Waals surface area contributed by atoms with Crippen molar-refractivity contribution in [2.45, 2.75) is 32.2 Å². The van der Waals surface area contributed by atoms with Gasteiger partial charge in [0, 0.05) is 11.4 Å². The normalized spacial score (nSPS) is 36.8. The van der Waals surface area contributed by atoms with Gasteiger partial charge in [-0.2, -0.15) is 0 Å². The largest absolute Gasteiger partial charge is 1.00 e. The van der Waals surface area contributed by atoms with Gasteiger partial charge in [-0.3, -0.25) is 0 Å². The number of carboxylic acids is 1. The van der Waals surface area contributed by atoms with Crippen LogP contribution in [0.15, 0.2) is 0 Å². The van der Waals surface area contributed by atoms with Crippen LogP contribution >= 0.6 is 0 Å². The van der Waals surface area contributed by atoms with E-state index in [1.165, 1.54) is 0 Å². The average molecular weight is 238 g/mol. The molecule has 86 valence electrons. The molecule has 0 aromatic carbocycles. The zero-order valence-electron chi connectivity index (χ0n) is 9.78. The summed E-state index contributed by atoms with van der Waals surface area (Å²) in [5, 5.41) is 10.5. The molecule has 3 fully saturated rings. The molecule has 0 spiro atoms.